The first-order valence-electron chi connectivity index (χ1n) is 6.09. The van der Waals surface area contributed by atoms with Crippen molar-refractivity contribution in [3.8, 4) is 5.75 Å². The fourth-order valence-electron chi connectivity index (χ4n) is 2.15. The second-order valence-corrected chi connectivity index (χ2v) is 6.00. The molecule has 0 spiro atoms. The van der Waals surface area contributed by atoms with Crippen LogP contribution in [-0.4, -0.2) is 10.9 Å². The first-order chi connectivity index (χ1) is 9.58. The minimum atomic E-state index is -0.0752. The van der Waals surface area contributed by atoms with E-state index in [1.807, 2.05) is 25.1 Å². The van der Waals surface area contributed by atoms with Gasteiger partial charge in [-0.3, -0.25) is 4.79 Å². The van der Waals surface area contributed by atoms with Crippen LogP contribution in [0, 0.1) is 6.92 Å². The summed E-state index contributed by atoms with van der Waals surface area (Å²) in [6.45, 7) is 1.90. The molecule has 3 aromatic rings. The minimum absolute atomic E-state index is 0.0752. The summed E-state index contributed by atoms with van der Waals surface area (Å²) >= 11 is 7.62. The fraction of sp³-hybridized carbons (Fsp3) is 0.0625. The van der Waals surface area contributed by atoms with Crippen LogP contribution in [-0.2, 0) is 0 Å². The maximum absolute atomic E-state index is 12.6. The summed E-state index contributed by atoms with van der Waals surface area (Å²) in [5, 5.41) is 10.8. The Morgan fingerprint density at radius 3 is 2.70 bits per heavy atom. The summed E-state index contributed by atoms with van der Waals surface area (Å²) in [6.07, 6.45) is 0. The number of hydrogen-bond donors (Lipinski definition) is 1. The largest absolute Gasteiger partial charge is 0.508 e. The van der Waals surface area contributed by atoms with E-state index in [2.05, 4.69) is 0 Å². The first-order valence-corrected chi connectivity index (χ1v) is 7.28. The zero-order valence-electron chi connectivity index (χ0n) is 10.7. The quantitative estimate of drug-likeness (QED) is 0.690. The highest BCUT2D eigenvalue weighted by Gasteiger charge is 2.19. The summed E-state index contributed by atoms with van der Waals surface area (Å²) in [6, 6.07) is 12.4. The topological polar surface area (TPSA) is 37.3 Å². The number of benzene rings is 2. The second-order valence-electron chi connectivity index (χ2n) is 4.57. The molecule has 1 aromatic heterocycles. The molecule has 0 bridgehead atoms. The van der Waals surface area contributed by atoms with Crippen LogP contribution in [0.15, 0.2) is 42.5 Å². The van der Waals surface area contributed by atoms with Crippen molar-refractivity contribution in [1.82, 2.24) is 0 Å². The molecule has 0 saturated heterocycles. The number of carbonyl (C=O) groups excluding carboxylic acids is 1. The highest BCUT2D eigenvalue weighted by atomic mass is 35.5. The molecule has 0 saturated carbocycles. The number of fused-ring (bicyclic) bond motifs is 1. The monoisotopic (exact) mass is 302 g/mol. The molecule has 0 amide bonds. The Hall–Kier alpha value is -1.84. The van der Waals surface area contributed by atoms with Gasteiger partial charge >= 0.3 is 0 Å². The number of rotatable bonds is 2. The van der Waals surface area contributed by atoms with E-state index in [0.717, 1.165) is 15.6 Å². The van der Waals surface area contributed by atoms with E-state index in [-0.39, 0.29) is 11.5 Å². The van der Waals surface area contributed by atoms with Gasteiger partial charge in [0.2, 0.25) is 5.78 Å². The smallest absolute Gasteiger partial charge is 0.204 e. The summed E-state index contributed by atoms with van der Waals surface area (Å²) < 4.78 is 0.812. The van der Waals surface area contributed by atoms with Crippen molar-refractivity contribution in [1.29, 1.82) is 0 Å². The molecule has 2 nitrogen and oxygen atoms in total. The lowest BCUT2D eigenvalue weighted by molar-refractivity contribution is 0.104. The molecule has 0 unspecified atom stereocenters. The predicted molar refractivity (Wildman–Crippen MR) is 83.1 cm³/mol. The molecule has 2 aromatic carbocycles. The first kappa shape index (κ1) is 13.2. The van der Waals surface area contributed by atoms with Crippen molar-refractivity contribution in [3.05, 3.63) is 63.5 Å². The van der Waals surface area contributed by atoms with Gasteiger partial charge in [0.25, 0.3) is 0 Å². The molecule has 20 heavy (non-hydrogen) atoms. The summed E-state index contributed by atoms with van der Waals surface area (Å²) in [4.78, 5) is 13.1. The predicted octanol–water partition coefficient (Wildman–Crippen LogP) is 4.80. The molecule has 0 fully saturated rings. The molecule has 0 aliphatic carbocycles. The lowest BCUT2D eigenvalue weighted by Gasteiger charge is -2.02. The molecule has 0 aliphatic rings. The van der Waals surface area contributed by atoms with Crippen LogP contribution < -0.4 is 0 Å². The number of carbonyl (C=O) groups is 1. The Morgan fingerprint density at radius 2 is 1.95 bits per heavy atom. The lowest BCUT2D eigenvalue weighted by Crippen LogP contribution is -2.01. The molecule has 0 atom stereocenters. The number of phenolic OH excluding ortho intramolecular Hbond substituents is 1. The molecular weight excluding hydrogens is 292 g/mol. The van der Waals surface area contributed by atoms with E-state index in [1.165, 1.54) is 11.3 Å². The Labute approximate surface area is 125 Å². The Kier molecular flexibility index (Phi) is 3.24. The number of phenols is 1. The van der Waals surface area contributed by atoms with Gasteiger partial charge in [-0.25, -0.2) is 0 Å². The molecule has 100 valence electrons. The van der Waals surface area contributed by atoms with Crippen LogP contribution in [0.25, 0.3) is 10.1 Å². The van der Waals surface area contributed by atoms with Gasteiger partial charge in [0.15, 0.2) is 0 Å². The minimum Gasteiger partial charge on any atom is -0.508 e. The molecule has 0 aliphatic heterocycles. The summed E-state index contributed by atoms with van der Waals surface area (Å²) in [5.41, 5.74) is 1.58. The Balaban J connectivity index is 2.18. The van der Waals surface area contributed by atoms with E-state index in [1.54, 1.807) is 24.3 Å². The molecule has 4 heteroatoms. The van der Waals surface area contributed by atoms with E-state index >= 15 is 0 Å². The maximum atomic E-state index is 12.6. The number of aromatic hydroxyl groups is 1. The molecular formula is C16H11ClO2S. The number of aryl methyl sites for hydroxylation is 1. The average molecular weight is 303 g/mol. The van der Waals surface area contributed by atoms with Gasteiger partial charge in [-0.15, -0.1) is 11.3 Å². The van der Waals surface area contributed by atoms with Gasteiger partial charge in [0.05, 0.1) is 9.90 Å². The second kappa shape index (κ2) is 4.93. The van der Waals surface area contributed by atoms with Crippen LogP contribution in [0.4, 0.5) is 0 Å². The van der Waals surface area contributed by atoms with Crippen molar-refractivity contribution in [2.45, 2.75) is 6.92 Å². The lowest BCUT2D eigenvalue weighted by atomic mass is 10.0. The molecule has 0 radical (unpaired) electrons. The third kappa shape index (κ3) is 2.09. The standard InChI is InChI=1S/C16H11ClO2S/c1-9-4-2-3-5-11(9)15(19)16-14(17)12-7-6-10(18)8-13(12)20-16/h2-8,18H,1H3. The van der Waals surface area contributed by atoms with Crippen LogP contribution in [0.5, 0.6) is 5.75 Å². The maximum Gasteiger partial charge on any atom is 0.204 e. The SMILES string of the molecule is Cc1ccccc1C(=O)c1sc2cc(O)ccc2c1Cl. The molecule has 1 heterocycles. The third-order valence-corrected chi connectivity index (χ3v) is 4.86. The van der Waals surface area contributed by atoms with E-state index in [0.29, 0.717) is 15.5 Å². The fourth-order valence-corrected chi connectivity index (χ4v) is 3.65. The number of halogens is 1. The van der Waals surface area contributed by atoms with Crippen molar-refractivity contribution in [2.24, 2.45) is 0 Å². The Bertz CT molecular complexity index is 820. The highest BCUT2D eigenvalue weighted by molar-refractivity contribution is 7.21. The van der Waals surface area contributed by atoms with Gasteiger partial charge in [0.1, 0.15) is 5.75 Å². The van der Waals surface area contributed by atoms with E-state index in [9.17, 15) is 9.90 Å². The van der Waals surface area contributed by atoms with Crippen LogP contribution in [0.2, 0.25) is 5.02 Å². The third-order valence-electron chi connectivity index (χ3n) is 3.21. The molecule has 1 N–H and O–H groups in total. The summed E-state index contributed by atoms with van der Waals surface area (Å²) in [7, 11) is 0. The van der Waals surface area contributed by atoms with Gasteiger partial charge in [-0.2, -0.15) is 0 Å². The van der Waals surface area contributed by atoms with Gasteiger partial charge in [-0.1, -0.05) is 35.9 Å². The number of hydrogen-bond acceptors (Lipinski definition) is 3. The van der Waals surface area contributed by atoms with E-state index < -0.39 is 0 Å². The van der Waals surface area contributed by atoms with Crippen molar-refractivity contribution in [2.75, 3.05) is 0 Å². The van der Waals surface area contributed by atoms with Gasteiger partial charge in [0, 0.05) is 15.6 Å². The summed E-state index contributed by atoms with van der Waals surface area (Å²) in [5.74, 6) is 0.0964. The van der Waals surface area contributed by atoms with Crippen molar-refractivity contribution < 1.29 is 9.90 Å². The average Bonchev–Trinajstić information content (AvgIpc) is 2.75. The molecule has 3 rings (SSSR count). The zero-order chi connectivity index (χ0) is 14.3. The van der Waals surface area contributed by atoms with E-state index in [4.69, 9.17) is 11.6 Å². The Morgan fingerprint density at radius 1 is 1.20 bits per heavy atom. The van der Waals surface area contributed by atoms with Crippen LogP contribution in [0.1, 0.15) is 20.8 Å². The highest BCUT2D eigenvalue weighted by Crippen LogP contribution is 2.38. The van der Waals surface area contributed by atoms with Crippen molar-refractivity contribution in [3.63, 3.8) is 0 Å². The normalized spacial score (nSPS) is 10.9. The zero-order valence-corrected chi connectivity index (χ0v) is 12.3. The van der Waals surface area contributed by atoms with Crippen LogP contribution >= 0.6 is 22.9 Å². The van der Waals surface area contributed by atoms with Gasteiger partial charge in [-0.05, 0) is 30.7 Å². The van der Waals surface area contributed by atoms with Gasteiger partial charge < -0.3 is 5.11 Å². The number of thiophene rings is 1. The van der Waals surface area contributed by atoms with Crippen molar-refractivity contribution >= 4 is 38.8 Å². The van der Waals surface area contributed by atoms with Crippen LogP contribution in [0.3, 0.4) is 0 Å². The number of ketones is 1.